The van der Waals surface area contributed by atoms with Crippen LogP contribution in [0, 0.1) is 12.8 Å². The fourth-order valence-electron chi connectivity index (χ4n) is 1.98. The van der Waals surface area contributed by atoms with Crippen LogP contribution >= 0.6 is 11.3 Å². The van der Waals surface area contributed by atoms with Crippen molar-refractivity contribution in [1.29, 1.82) is 0 Å². The number of carboxylic acids is 1. The van der Waals surface area contributed by atoms with Gasteiger partial charge in [0.1, 0.15) is 15.9 Å². The lowest BCUT2D eigenvalue weighted by molar-refractivity contribution is -0.140. The Balaban J connectivity index is 2.24. The molecule has 2 N–H and O–H groups in total. The van der Waals surface area contributed by atoms with Crippen molar-refractivity contribution in [3.05, 3.63) is 23.0 Å². The van der Waals surface area contributed by atoms with Crippen molar-refractivity contribution in [3.8, 4) is 10.6 Å². The third-order valence-electron chi connectivity index (χ3n) is 3.17. The van der Waals surface area contributed by atoms with E-state index in [1.807, 2.05) is 6.20 Å². The lowest BCUT2D eigenvalue weighted by Gasteiger charge is -2.17. The molecule has 22 heavy (non-hydrogen) atoms. The summed E-state index contributed by atoms with van der Waals surface area (Å²) in [5.74, 6) is -1.66. The van der Waals surface area contributed by atoms with Crippen molar-refractivity contribution in [3.63, 3.8) is 0 Å². The maximum absolute atomic E-state index is 12.3. The number of hydrogen-bond donors (Lipinski definition) is 2. The maximum atomic E-state index is 12.3. The zero-order valence-corrected chi connectivity index (χ0v) is 13.6. The van der Waals surface area contributed by atoms with E-state index in [0.717, 1.165) is 5.56 Å². The molecule has 2 rings (SSSR count). The number of rotatable bonds is 5. The molecule has 2 heterocycles. The van der Waals surface area contributed by atoms with E-state index in [9.17, 15) is 9.59 Å². The van der Waals surface area contributed by atoms with Crippen LogP contribution in [0.2, 0.25) is 0 Å². The van der Waals surface area contributed by atoms with E-state index in [4.69, 9.17) is 5.11 Å². The number of nitrogens with one attached hydrogen (secondary N) is 1. The van der Waals surface area contributed by atoms with E-state index in [0.29, 0.717) is 15.6 Å². The second kappa shape index (κ2) is 6.27. The third kappa shape index (κ3) is 3.33. The number of carboxylic acid groups (broad SMARTS) is 1. The molecule has 0 aliphatic carbocycles. The molecule has 118 valence electrons. The Morgan fingerprint density at radius 2 is 2.09 bits per heavy atom. The first-order chi connectivity index (χ1) is 10.3. The summed E-state index contributed by atoms with van der Waals surface area (Å²) in [6.07, 6.45) is 3.49. The molecule has 2 aromatic heterocycles. The largest absolute Gasteiger partial charge is 0.480 e. The first kappa shape index (κ1) is 16.2. The smallest absolute Gasteiger partial charge is 0.326 e. The molecule has 0 aromatic carbocycles. The van der Waals surface area contributed by atoms with Crippen molar-refractivity contribution < 1.29 is 14.7 Å². The molecule has 0 aliphatic heterocycles. The molecule has 8 heteroatoms. The van der Waals surface area contributed by atoms with Crippen molar-refractivity contribution in [2.24, 2.45) is 13.0 Å². The maximum Gasteiger partial charge on any atom is 0.326 e. The number of aromatic nitrogens is 3. The van der Waals surface area contributed by atoms with Crippen LogP contribution in [0.5, 0.6) is 0 Å². The number of carbonyl (C=O) groups excluding carboxylic acids is 1. The van der Waals surface area contributed by atoms with Gasteiger partial charge < -0.3 is 10.4 Å². The fraction of sp³-hybridized carbons (Fsp3) is 0.429. The highest BCUT2D eigenvalue weighted by molar-refractivity contribution is 7.17. The van der Waals surface area contributed by atoms with Gasteiger partial charge in [0, 0.05) is 18.8 Å². The highest BCUT2D eigenvalue weighted by Gasteiger charge is 2.26. The first-order valence-electron chi connectivity index (χ1n) is 6.79. The molecule has 1 amide bonds. The lowest BCUT2D eigenvalue weighted by atomic mass is 10.0. The van der Waals surface area contributed by atoms with Crippen molar-refractivity contribution in [2.45, 2.75) is 26.8 Å². The van der Waals surface area contributed by atoms with Gasteiger partial charge in [-0.25, -0.2) is 9.78 Å². The van der Waals surface area contributed by atoms with Crippen LogP contribution in [-0.4, -0.2) is 37.8 Å². The molecule has 0 radical (unpaired) electrons. The number of nitrogens with zero attached hydrogens (tertiary/aromatic N) is 3. The number of aryl methyl sites for hydroxylation is 2. The van der Waals surface area contributed by atoms with Crippen LogP contribution in [0.3, 0.4) is 0 Å². The Morgan fingerprint density at radius 1 is 1.41 bits per heavy atom. The number of carbonyl (C=O) groups is 2. The van der Waals surface area contributed by atoms with Crippen LogP contribution in [0.1, 0.15) is 29.2 Å². The molecule has 0 fully saturated rings. The topological polar surface area (TPSA) is 97.1 Å². The summed E-state index contributed by atoms with van der Waals surface area (Å²) >= 11 is 1.23. The molecular formula is C14H18N4O3S. The van der Waals surface area contributed by atoms with Gasteiger partial charge in [0.25, 0.3) is 5.91 Å². The second-order valence-corrected chi connectivity index (χ2v) is 6.37. The van der Waals surface area contributed by atoms with Crippen LogP contribution < -0.4 is 5.32 Å². The van der Waals surface area contributed by atoms with Gasteiger partial charge in [0.15, 0.2) is 0 Å². The number of hydrogen-bond acceptors (Lipinski definition) is 5. The summed E-state index contributed by atoms with van der Waals surface area (Å²) in [6.45, 7) is 5.23. The molecule has 0 saturated heterocycles. The number of aliphatic carboxylic acids is 1. The predicted octanol–water partition coefficient (Wildman–Crippen LogP) is 1.69. The zero-order valence-electron chi connectivity index (χ0n) is 12.8. The van der Waals surface area contributed by atoms with Gasteiger partial charge in [-0.05, 0) is 12.8 Å². The quantitative estimate of drug-likeness (QED) is 0.873. The summed E-state index contributed by atoms with van der Waals surface area (Å²) in [5, 5.41) is 16.5. The molecule has 0 aliphatic rings. The molecule has 7 nitrogen and oxygen atoms in total. The minimum Gasteiger partial charge on any atom is -0.480 e. The fourth-order valence-corrected chi connectivity index (χ4v) is 2.93. The highest BCUT2D eigenvalue weighted by Crippen LogP contribution is 2.27. The van der Waals surface area contributed by atoms with Crippen molar-refractivity contribution >= 4 is 23.2 Å². The van der Waals surface area contributed by atoms with E-state index in [2.05, 4.69) is 15.4 Å². The Morgan fingerprint density at radius 3 is 2.59 bits per heavy atom. The van der Waals surface area contributed by atoms with Crippen LogP contribution in [0.25, 0.3) is 10.6 Å². The number of thiazole rings is 1. The normalized spacial score (nSPS) is 12.4. The van der Waals surface area contributed by atoms with Gasteiger partial charge in [0.2, 0.25) is 0 Å². The van der Waals surface area contributed by atoms with Gasteiger partial charge in [-0.2, -0.15) is 5.10 Å². The average molecular weight is 322 g/mol. The summed E-state index contributed by atoms with van der Waals surface area (Å²) in [7, 11) is 1.80. The van der Waals surface area contributed by atoms with E-state index in [-0.39, 0.29) is 5.92 Å². The highest BCUT2D eigenvalue weighted by atomic mass is 32.1. The van der Waals surface area contributed by atoms with E-state index in [1.54, 1.807) is 38.7 Å². The summed E-state index contributed by atoms with van der Waals surface area (Å²) in [6, 6.07) is -0.921. The molecule has 0 spiro atoms. The zero-order chi connectivity index (χ0) is 16.4. The summed E-state index contributed by atoms with van der Waals surface area (Å²) < 4.78 is 1.66. The Labute approximate surface area is 132 Å². The Kier molecular flexibility index (Phi) is 4.60. The van der Waals surface area contributed by atoms with Gasteiger partial charge in [0.05, 0.1) is 11.9 Å². The lowest BCUT2D eigenvalue weighted by Crippen LogP contribution is -2.44. The first-order valence-corrected chi connectivity index (χ1v) is 7.61. The molecular weight excluding hydrogens is 304 g/mol. The van der Waals surface area contributed by atoms with Crippen molar-refractivity contribution in [2.75, 3.05) is 0 Å². The molecule has 1 atom stereocenters. The molecule has 0 bridgehead atoms. The standard InChI is InChI=1S/C14H18N4O3S/c1-7(2)10(14(20)21)17-12(19)11-8(3)16-13(22-11)9-5-15-18(4)6-9/h5-7,10H,1-4H3,(H,17,19)(H,20,21). The summed E-state index contributed by atoms with van der Waals surface area (Å²) in [4.78, 5) is 28.3. The van der Waals surface area contributed by atoms with Gasteiger partial charge in [-0.3, -0.25) is 9.48 Å². The van der Waals surface area contributed by atoms with E-state index < -0.39 is 17.9 Å². The Bertz CT molecular complexity index is 705. The minimum atomic E-state index is -1.04. The molecule has 1 unspecified atom stereocenters. The van der Waals surface area contributed by atoms with Crippen molar-refractivity contribution in [1.82, 2.24) is 20.1 Å². The van der Waals surface area contributed by atoms with Crippen LogP contribution in [0.15, 0.2) is 12.4 Å². The predicted molar refractivity (Wildman–Crippen MR) is 82.8 cm³/mol. The molecule has 2 aromatic rings. The van der Waals surface area contributed by atoms with Gasteiger partial charge in [-0.15, -0.1) is 11.3 Å². The average Bonchev–Trinajstić information content (AvgIpc) is 3.01. The second-order valence-electron chi connectivity index (χ2n) is 5.37. The van der Waals surface area contributed by atoms with Gasteiger partial charge in [-0.1, -0.05) is 13.8 Å². The van der Waals surface area contributed by atoms with E-state index in [1.165, 1.54) is 11.3 Å². The minimum absolute atomic E-state index is 0.201. The van der Waals surface area contributed by atoms with Crippen LogP contribution in [-0.2, 0) is 11.8 Å². The van der Waals surface area contributed by atoms with Crippen LogP contribution in [0.4, 0.5) is 0 Å². The van der Waals surface area contributed by atoms with Gasteiger partial charge >= 0.3 is 5.97 Å². The summed E-state index contributed by atoms with van der Waals surface area (Å²) in [5.41, 5.74) is 1.41. The third-order valence-corrected chi connectivity index (χ3v) is 4.38. The monoisotopic (exact) mass is 322 g/mol. The SMILES string of the molecule is Cc1nc(-c2cnn(C)c2)sc1C(=O)NC(C(=O)O)C(C)C. The van der Waals surface area contributed by atoms with E-state index >= 15 is 0 Å². The Hall–Kier alpha value is -2.22. The molecule has 0 saturated carbocycles. The number of amides is 1.